The third-order valence-corrected chi connectivity index (χ3v) is 5.26. The maximum Gasteiger partial charge on any atom is 0.234 e. The van der Waals surface area contributed by atoms with Crippen LogP contribution in [0.25, 0.3) is 32.3 Å². The molecule has 0 spiro atoms. The molecule has 0 aliphatic heterocycles. The second-order valence-electron chi connectivity index (χ2n) is 7.78. The Labute approximate surface area is 139 Å². The summed E-state index contributed by atoms with van der Waals surface area (Å²) in [4.78, 5) is 24.8. The van der Waals surface area contributed by atoms with Crippen LogP contribution in [0.2, 0.25) is 0 Å². The molecule has 2 heteroatoms. The van der Waals surface area contributed by atoms with E-state index < -0.39 is 0 Å². The van der Waals surface area contributed by atoms with Crippen LogP contribution in [0.1, 0.15) is 47.1 Å². The van der Waals surface area contributed by atoms with Crippen LogP contribution in [0.4, 0.5) is 0 Å². The second kappa shape index (κ2) is 4.02. The van der Waals surface area contributed by atoms with Crippen LogP contribution >= 0.6 is 0 Å². The largest absolute Gasteiger partial charge is 0.285 e. The van der Waals surface area contributed by atoms with E-state index in [1.54, 1.807) is 6.07 Å². The van der Waals surface area contributed by atoms with Gasteiger partial charge in [-0.2, -0.15) is 0 Å². The molecule has 5 rings (SSSR count). The van der Waals surface area contributed by atoms with Gasteiger partial charge in [0.1, 0.15) is 0 Å². The lowest BCUT2D eigenvalue weighted by Crippen LogP contribution is -2.11. The lowest BCUT2D eigenvalue weighted by atomic mass is 9.83. The first-order valence-electron chi connectivity index (χ1n) is 8.21. The van der Waals surface area contributed by atoms with Crippen molar-refractivity contribution in [2.24, 2.45) is 0 Å². The summed E-state index contributed by atoms with van der Waals surface area (Å²) in [6.07, 6.45) is 0. The molecule has 24 heavy (non-hydrogen) atoms. The lowest BCUT2D eigenvalue weighted by molar-refractivity contribution is 0.0825. The Kier molecular flexibility index (Phi) is 2.29. The number of hydrogen-bond acceptors (Lipinski definition) is 2. The van der Waals surface area contributed by atoms with Crippen LogP contribution in [0.15, 0.2) is 42.5 Å². The first-order chi connectivity index (χ1) is 11.4. The number of ketones is 2. The Balaban J connectivity index is 2.09. The van der Waals surface area contributed by atoms with Crippen LogP contribution in [0.3, 0.4) is 0 Å². The average molecular weight is 312 g/mol. The van der Waals surface area contributed by atoms with Gasteiger partial charge >= 0.3 is 0 Å². The molecule has 4 aromatic rings. The van der Waals surface area contributed by atoms with Gasteiger partial charge in [0.15, 0.2) is 0 Å². The minimum Gasteiger partial charge on any atom is -0.285 e. The fraction of sp³-hybridized carbons (Fsp3) is 0.182. The number of carbonyl (C=O) groups is 2. The molecule has 1 aliphatic carbocycles. The molecule has 0 bridgehead atoms. The highest BCUT2D eigenvalue weighted by molar-refractivity contribution is 6.58. The fourth-order valence-corrected chi connectivity index (χ4v) is 3.98. The molecule has 0 saturated carbocycles. The minimum atomic E-state index is -0.376. The van der Waals surface area contributed by atoms with Gasteiger partial charge in [-0.15, -0.1) is 0 Å². The zero-order chi connectivity index (χ0) is 16.8. The predicted molar refractivity (Wildman–Crippen MR) is 97.5 cm³/mol. The van der Waals surface area contributed by atoms with Crippen LogP contribution in [-0.2, 0) is 5.41 Å². The van der Waals surface area contributed by atoms with Crippen molar-refractivity contribution in [3.63, 3.8) is 0 Å². The maximum atomic E-state index is 12.4. The van der Waals surface area contributed by atoms with Gasteiger partial charge in [-0.3, -0.25) is 9.59 Å². The summed E-state index contributed by atoms with van der Waals surface area (Å²) in [5, 5.41) is 6.34. The van der Waals surface area contributed by atoms with Crippen molar-refractivity contribution >= 4 is 43.9 Å². The molecule has 0 unspecified atom stereocenters. The van der Waals surface area contributed by atoms with Crippen molar-refractivity contribution in [2.45, 2.75) is 26.2 Å². The normalized spacial score (nSPS) is 14.6. The highest BCUT2D eigenvalue weighted by atomic mass is 16.2. The van der Waals surface area contributed by atoms with Crippen molar-refractivity contribution in [1.29, 1.82) is 0 Å². The molecule has 1 aliphatic rings. The second-order valence-corrected chi connectivity index (χ2v) is 7.78. The molecule has 0 N–H and O–H groups in total. The van der Waals surface area contributed by atoms with Gasteiger partial charge in [-0.1, -0.05) is 51.1 Å². The summed E-state index contributed by atoms with van der Waals surface area (Å²) in [6, 6.07) is 14.3. The van der Waals surface area contributed by atoms with Gasteiger partial charge in [-0.25, -0.2) is 0 Å². The van der Waals surface area contributed by atoms with E-state index in [1.807, 2.05) is 12.1 Å². The molecule has 2 nitrogen and oxygen atoms in total. The highest BCUT2D eigenvalue weighted by Crippen LogP contribution is 2.42. The standard InChI is InChI=1S/C22H16O2/c1-22(2,3)14-8-12-5-4-11-6-7-15-19-16(21(24)20(15)23)10-13(9-14)17(12)18(11)19/h4-10H,1-3H3. The van der Waals surface area contributed by atoms with Crippen LogP contribution in [0, 0.1) is 0 Å². The number of benzene rings is 4. The van der Waals surface area contributed by atoms with Crippen molar-refractivity contribution in [1.82, 2.24) is 0 Å². The summed E-state index contributed by atoms with van der Waals surface area (Å²) in [6.45, 7) is 6.56. The first-order valence-corrected chi connectivity index (χ1v) is 8.21. The topological polar surface area (TPSA) is 34.1 Å². The Hall–Kier alpha value is -2.74. The van der Waals surface area contributed by atoms with E-state index in [9.17, 15) is 9.59 Å². The molecule has 0 saturated heterocycles. The molecule has 116 valence electrons. The van der Waals surface area contributed by atoms with Crippen LogP contribution in [0.5, 0.6) is 0 Å². The summed E-state index contributed by atoms with van der Waals surface area (Å²) in [7, 11) is 0. The zero-order valence-electron chi connectivity index (χ0n) is 13.9. The van der Waals surface area contributed by atoms with E-state index in [2.05, 4.69) is 45.0 Å². The highest BCUT2D eigenvalue weighted by Gasteiger charge is 2.32. The van der Waals surface area contributed by atoms with E-state index in [-0.39, 0.29) is 17.0 Å². The monoisotopic (exact) mass is 312 g/mol. The smallest absolute Gasteiger partial charge is 0.234 e. The molecule has 0 atom stereocenters. The maximum absolute atomic E-state index is 12.4. The van der Waals surface area contributed by atoms with Gasteiger partial charge in [0.05, 0.1) is 0 Å². The van der Waals surface area contributed by atoms with Crippen LogP contribution in [-0.4, -0.2) is 11.6 Å². The van der Waals surface area contributed by atoms with Crippen molar-refractivity contribution in [2.75, 3.05) is 0 Å². The predicted octanol–water partition coefficient (Wildman–Crippen LogP) is 5.26. The third-order valence-electron chi connectivity index (χ3n) is 5.26. The number of Topliss-reactive ketones (excluding diaryl/α,β-unsaturated/α-hetero) is 2. The van der Waals surface area contributed by atoms with E-state index in [1.165, 1.54) is 10.9 Å². The number of carbonyl (C=O) groups excluding carboxylic acids is 2. The van der Waals surface area contributed by atoms with Gasteiger partial charge in [-0.05, 0) is 50.0 Å². The van der Waals surface area contributed by atoms with E-state index in [4.69, 9.17) is 0 Å². The van der Waals surface area contributed by atoms with Gasteiger partial charge < -0.3 is 0 Å². The van der Waals surface area contributed by atoms with Gasteiger partial charge in [0.25, 0.3) is 0 Å². The quantitative estimate of drug-likeness (QED) is 0.328. The molecule has 0 aromatic heterocycles. The molecular weight excluding hydrogens is 296 g/mol. The van der Waals surface area contributed by atoms with E-state index in [0.29, 0.717) is 11.1 Å². The van der Waals surface area contributed by atoms with Crippen molar-refractivity contribution < 1.29 is 9.59 Å². The van der Waals surface area contributed by atoms with Crippen molar-refractivity contribution in [3.8, 4) is 0 Å². The SMILES string of the molecule is CC(C)(C)c1cc2ccc3ccc4c5c(cc(c1)c2c35)C(=O)C4=O. The lowest BCUT2D eigenvalue weighted by Gasteiger charge is -2.21. The third kappa shape index (κ3) is 1.51. The first kappa shape index (κ1) is 13.7. The molecule has 0 amide bonds. The number of rotatable bonds is 0. The molecule has 0 fully saturated rings. The Morgan fingerprint density at radius 2 is 1.25 bits per heavy atom. The Morgan fingerprint density at radius 1 is 0.625 bits per heavy atom. The molecule has 0 heterocycles. The molecule has 4 aromatic carbocycles. The summed E-state index contributed by atoms with van der Waals surface area (Å²) in [5.41, 5.74) is 2.37. The minimum absolute atomic E-state index is 0.0236. The van der Waals surface area contributed by atoms with Gasteiger partial charge in [0, 0.05) is 16.5 Å². The summed E-state index contributed by atoms with van der Waals surface area (Å²) >= 11 is 0. The summed E-state index contributed by atoms with van der Waals surface area (Å²) < 4.78 is 0. The average Bonchev–Trinajstić information content (AvgIpc) is 2.79. The fourth-order valence-electron chi connectivity index (χ4n) is 3.98. The Bertz CT molecular complexity index is 1210. The molecular formula is C22H16O2. The summed E-state index contributed by atoms with van der Waals surface area (Å²) in [5.74, 6) is -0.750. The Morgan fingerprint density at radius 3 is 2.00 bits per heavy atom. The van der Waals surface area contributed by atoms with Crippen molar-refractivity contribution in [3.05, 3.63) is 59.2 Å². The zero-order valence-corrected chi connectivity index (χ0v) is 13.9. The van der Waals surface area contributed by atoms with E-state index >= 15 is 0 Å². The van der Waals surface area contributed by atoms with Crippen LogP contribution < -0.4 is 0 Å². The molecule has 0 radical (unpaired) electrons. The van der Waals surface area contributed by atoms with Gasteiger partial charge in [0.2, 0.25) is 11.6 Å². The number of hydrogen-bond donors (Lipinski definition) is 0. The van der Waals surface area contributed by atoms with E-state index in [0.717, 1.165) is 26.9 Å².